The molecule has 1 heterocycles. The van der Waals surface area contributed by atoms with Gasteiger partial charge in [-0.1, -0.05) is 25.5 Å². The molecule has 0 saturated carbocycles. The number of phenolic OH excluding ortho intramolecular Hbond substituents is 1. The molecule has 2 N–H and O–H groups in total. The first-order chi connectivity index (χ1) is 14.4. The van der Waals surface area contributed by atoms with Crippen molar-refractivity contribution in [2.45, 2.75) is 33.1 Å². The molecule has 0 spiro atoms. The fourth-order valence-electron chi connectivity index (χ4n) is 3.29. The van der Waals surface area contributed by atoms with E-state index in [1.54, 1.807) is 24.3 Å². The van der Waals surface area contributed by atoms with Crippen molar-refractivity contribution in [3.8, 4) is 11.4 Å². The Balaban J connectivity index is 1.88. The summed E-state index contributed by atoms with van der Waals surface area (Å²) in [7, 11) is 0. The molecular formula is C22H24N4O4. The second kappa shape index (κ2) is 9.21. The van der Waals surface area contributed by atoms with Gasteiger partial charge in [-0.05, 0) is 49.6 Å². The Morgan fingerprint density at radius 2 is 1.80 bits per heavy atom. The number of aromatic hydroxyl groups is 1. The van der Waals surface area contributed by atoms with Crippen molar-refractivity contribution in [3.63, 3.8) is 0 Å². The molecule has 0 unspecified atom stereocenters. The average molecular weight is 408 g/mol. The summed E-state index contributed by atoms with van der Waals surface area (Å²) in [6, 6.07) is 12.8. The lowest BCUT2D eigenvalue weighted by molar-refractivity contribution is -0.384. The van der Waals surface area contributed by atoms with Gasteiger partial charge in [-0.25, -0.2) is 4.68 Å². The molecule has 0 fully saturated rings. The van der Waals surface area contributed by atoms with Gasteiger partial charge >= 0.3 is 0 Å². The molecule has 0 radical (unpaired) electrons. The van der Waals surface area contributed by atoms with Gasteiger partial charge in [0.1, 0.15) is 5.75 Å². The fourth-order valence-corrected chi connectivity index (χ4v) is 3.29. The zero-order chi connectivity index (χ0) is 21.7. The summed E-state index contributed by atoms with van der Waals surface area (Å²) in [5, 5.41) is 23.4. The quantitative estimate of drug-likeness (QED) is 0.335. The summed E-state index contributed by atoms with van der Waals surface area (Å²) >= 11 is 0. The monoisotopic (exact) mass is 408 g/mol. The number of nitrogens with zero attached hydrogens (tertiary/aromatic N) is 3. The average Bonchev–Trinajstić information content (AvgIpc) is 3.05. The van der Waals surface area contributed by atoms with E-state index < -0.39 is 4.92 Å². The molecule has 1 aromatic heterocycles. The Labute approximate surface area is 173 Å². The molecule has 3 aromatic rings. The van der Waals surface area contributed by atoms with E-state index in [0.717, 1.165) is 17.7 Å². The standard InChI is InChI=1S/C22H24N4O4/c1-3-4-20-21(15(2)23-14-13-16-5-11-19(27)12-6-16)22(28)25(24-20)17-7-9-18(10-8-17)26(29)30/h5-12,24,27H,3-4,13-14H2,1-2H3. The molecule has 0 saturated heterocycles. The number of rotatable bonds is 8. The number of aromatic amines is 1. The van der Waals surface area contributed by atoms with Gasteiger partial charge in [0.15, 0.2) is 0 Å². The Hall–Kier alpha value is -3.68. The van der Waals surface area contributed by atoms with Gasteiger partial charge in [-0.15, -0.1) is 0 Å². The highest BCUT2D eigenvalue weighted by Crippen LogP contribution is 2.16. The highest BCUT2D eigenvalue weighted by Gasteiger charge is 2.17. The normalized spacial score (nSPS) is 11.6. The number of nitro benzene ring substituents is 1. The van der Waals surface area contributed by atoms with Crippen molar-refractivity contribution < 1.29 is 10.0 Å². The van der Waals surface area contributed by atoms with Gasteiger partial charge in [0.05, 0.1) is 16.2 Å². The zero-order valence-electron chi connectivity index (χ0n) is 17.0. The number of aryl methyl sites for hydroxylation is 1. The first kappa shape index (κ1) is 21.0. The van der Waals surface area contributed by atoms with Crippen LogP contribution in [0.1, 0.15) is 37.1 Å². The van der Waals surface area contributed by atoms with Crippen molar-refractivity contribution in [2.24, 2.45) is 4.99 Å². The van der Waals surface area contributed by atoms with Crippen LogP contribution in [0.15, 0.2) is 58.3 Å². The van der Waals surface area contributed by atoms with Crippen molar-refractivity contribution in [1.82, 2.24) is 9.78 Å². The van der Waals surface area contributed by atoms with E-state index in [1.807, 2.05) is 26.0 Å². The van der Waals surface area contributed by atoms with Crippen LogP contribution < -0.4 is 5.56 Å². The zero-order valence-corrected chi connectivity index (χ0v) is 17.0. The van der Waals surface area contributed by atoms with Crippen LogP contribution in [0.2, 0.25) is 0 Å². The Morgan fingerprint density at radius 3 is 2.40 bits per heavy atom. The van der Waals surface area contributed by atoms with Crippen LogP contribution in [0.4, 0.5) is 5.69 Å². The van der Waals surface area contributed by atoms with Crippen molar-refractivity contribution >= 4 is 11.4 Å². The number of benzene rings is 2. The maximum Gasteiger partial charge on any atom is 0.280 e. The van der Waals surface area contributed by atoms with E-state index in [-0.39, 0.29) is 17.0 Å². The molecule has 2 aromatic carbocycles. The van der Waals surface area contributed by atoms with E-state index in [0.29, 0.717) is 36.3 Å². The van der Waals surface area contributed by atoms with Gasteiger partial charge < -0.3 is 5.11 Å². The molecule has 8 nitrogen and oxygen atoms in total. The molecule has 0 aliphatic carbocycles. The molecule has 156 valence electrons. The van der Waals surface area contributed by atoms with Gasteiger partial charge in [-0.3, -0.25) is 25.0 Å². The van der Waals surface area contributed by atoms with Crippen molar-refractivity contribution in [2.75, 3.05) is 6.54 Å². The number of non-ortho nitro benzene ring substituents is 1. The van der Waals surface area contributed by atoms with Crippen LogP contribution in [-0.2, 0) is 12.8 Å². The second-order valence-corrected chi connectivity index (χ2v) is 7.01. The maximum atomic E-state index is 13.1. The van der Waals surface area contributed by atoms with E-state index in [1.165, 1.54) is 16.8 Å². The molecule has 0 amide bonds. The number of hydrogen-bond donors (Lipinski definition) is 2. The number of nitrogens with one attached hydrogen (secondary N) is 1. The predicted molar refractivity (Wildman–Crippen MR) is 116 cm³/mol. The third kappa shape index (κ3) is 4.65. The van der Waals surface area contributed by atoms with Crippen LogP contribution in [0, 0.1) is 10.1 Å². The van der Waals surface area contributed by atoms with Crippen molar-refractivity contribution in [3.05, 3.63) is 85.8 Å². The lowest BCUT2D eigenvalue weighted by atomic mass is 10.1. The van der Waals surface area contributed by atoms with Crippen LogP contribution in [0.3, 0.4) is 0 Å². The lowest BCUT2D eigenvalue weighted by Gasteiger charge is -2.02. The topological polar surface area (TPSA) is 114 Å². The molecule has 0 atom stereocenters. The van der Waals surface area contributed by atoms with E-state index in [9.17, 15) is 20.0 Å². The number of nitro groups is 1. The largest absolute Gasteiger partial charge is 0.508 e. The number of phenols is 1. The lowest BCUT2D eigenvalue weighted by Crippen LogP contribution is -2.20. The summed E-state index contributed by atoms with van der Waals surface area (Å²) in [6.07, 6.45) is 2.24. The third-order valence-corrected chi connectivity index (χ3v) is 4.83. The Kier molecular flexibility index (Phi) is 6.46. The molecule has 0 bridgehead atoms. The molecule has 0 aliphatic rings. The van der Waals surface area contributed by atoms with Gasteiger partial charge in [0, 0.05) is 30.1 Å². The Bertz CT molecular complexity index is 1110. The second-order valence-electron chi connectivity index (χ2n) is 7.01. The number of H-pyrrole nitrogens is 1. The van der Waals surface area contributed by atoms with Crippen molar-refractivity contribution in [1.29, 1.82) is 0 Å². The summed E-state index contributed by atoms with van der Waals surface area (Å²) in [5.74, 6) is 0.224. The summed E-state index contributed by atoms with van der Waals surface area (Å²) in [6.45, 7) is 4.37. The minimum atomic E-state index is -0.472. The smallest absolute Gasteiger partial charge is 0.280 e. The Morgan fingerprint density at radius 1 is 1.13 bits per heavy atom. The number of hydrogen-bond acceptors (Lipinski definition) is 5. The van der Waals surface area contributed by atoms with E-state index in [4.69, 9.17) is 0 Å². The van der Waals surface area contributed by atoms with Crippen LogP contribution in [0.25, 0.3) is 5.69 Å². The van der Waals surface area contributed by atoms with Crippen LogP contribution in [-0.4, -0.2) is 32.1 Å². The number of aliphatic imine (C=N–C) groups is 1. The van der Waals surface area contributed by atoms with E-state index >= 15 is 0 Å². The first-order valence-corrected chi connectivity index (χ1v) is 9.78. The minimum absolute atomic E-state index is 0.0284. The summed E-state index contributed by atoms with van der Waals surface area (Å²) in [5.41, 5.74) is 3.32. The molecule has 8 heteroatoms. The summed E-state index contributed by atoms with van der Waals surface area (Å²) in [4.78, 5) is 28.1. The third-order valence-electron chi connectivity index (χ3n) is 4.83. The van der Waals surface area contributed by atoms with Gasteiger partial charge in [-0.2, -0.15) is 0 Å². The van der Waals surface area contributed by atoms with Gasteiger partial charge in [0.2, 0.25) is 0 Å². The first-order valence-electron chi connectivity index (χ1n) is 9.78. The molecule has 30 heavy (non-hydrogen) atoms. The van der Waals surface area contributed by atoms with Crippen LogP contribution >= 0.6 is 0 Å². The highest BCUT2D eigenvalue weighted by atomic mass is 16.6. The summed E-state index contributed by atoms with van der Waals surface area (Å²) < 4.78 is 1.41. The molecule has 0 aliphatic heterocycles. The van der Waals surface area contributed by atoms with E-state index in [2.05, 4.69) is 10.1 Å². The van der Waals surface area contributed by atoms with Crippen LogP contribution in [0.5, 0.6) is 5.75 Å². The maximum absolute atomic E-state index is 13.1. The van der Waals surface area contributed by atoms with Gasteiger partial charge in [0.25, 0.3) is 11.2 Å². The highest BCUT2D eigenvalue weighted by molar-refractivity contribution is 5.99. The molecular weight excluding hydrogens is 384 g/mol. The number of aromatic nitrogens is 2. The predicted octanol–water partition coefficient (Wildman–Crippen LogP) is 3.78. The molecule has 3 rings (SSSR count). The SMILES string of the molecule is CCCc1[nH]n(-c2ccc([N+](=O)[O-])cc2)c(=O)c1C(C)=NCCc1ccc(O)cc1. The fraction of sp³-hybridized carbons (Fsp3) is 0.273. The minimum Gasteiger partial charge on any atom is -0.508 e.